The Bertz CT molecular complexity index is 399. The molecule has 2 heterocycles. The molecule has 64 valence electrons. The predicted octanol–water partition coefficient (Wildman–Crippen LogP) is 3.92. The molecule has 2 N–H and O–H groups in total. The van der Waals surface area contributed by atoms with Crippen molar-refractivity contribution in [1.82, 2.24) is 0 Å². The van der Waals surface area contributed by atoms with Crippen LogP contribution in [0.25, 0.3) is 9.40 Å². The maximum Gasteiger partial charge on any atom is 0.0949 e. The summed E-state index contributed by atoms with van der Waals surface area (Å²) in [4.78, 5) is 1.37. The van der Waals surface area contributed by atoms with E-state index in [0.29, 0.717) is 0 Å². The standard InChI is InChI=1S/C8H8BrNS2/c1-3-4(2)11-7-5(10)8(9)12-6(3)7/h10H2,1-2H3. The van der Waals surface area contributed by atoms with Crippen LogP contribution in [-0.2, 0) is 0 Å². The number of hydrogen-bond donors (Lipinski definition) is 1. The number of halogens is 1. The topological polar surface area (TPSA) is 26.0 Å². The Morgan fingerprint density at radius 1 is 1.17 bits per heavy atom. The van der Waals surface area contributed by atoms with Gasteiger partial charge >= 0.3 is 0 Å². The van der Waals surface area contributed by atoms with Gasteiger partial charge in [0.2, 0.25) is 0 Å². The summed E-state index contributed by atoms with van der Waals surface area (Å²) in [5.74, 6) is 0. The maximum atomic E-state index is 5.89. The molecule has 2 aromatic heterocycles. The van der Waals surface area contributed by atoms with E-state index in [1.807, 2.05) is 0 Å². The lowest BCUT2D eigenvalue weighted by Crippen LogP contribution is -1.78. The van der Waals surface area contributed by atoms with E-state index in [0.717, 1.165) is 9.47 Å². The minimum absolute atomic E-state index is 0.899. The third-order valence-corrected chi connectivity index (χ3v) is 5.37. The Morgan fingerprint density at radius 2 is 1.83 bits per heavy atom. The van der Waals surface area contributed by atoms with Crippen LogP contribution in [0.2, 0.25) is 0 Å². The van der Waals surface area contributed by atoms with Crippen molar-refractivity contribution in [3.8, 4) is 0 Å². The lowest BCUT2D eigenvalue weighted by Gasteiger charge is -1.86. The summed E-state index contributed by atoms with van der Waals surface area (Å²) in [6.45, 7) is 4.29. The normalized spacial score (nSPS) is 11.2. The van der Waals surface area contributed by atoms with Crippen molar-refractivity contribution in [1.29, 1.82) is 0 Å². The summed E-state index contributed by atoms with van der Waals surface area (Å²) < 4.78 is 3.63. The molecule has 0 aliphatic rings. The first-order valence-corrected chi connectivity index (χ1v) is 5.97. The average Bonchev–Trinajstić information content (AvgIpc) is 2.43. The first kappa shape index (κ1) is 8.53. The Morgan fingerprint density at radius 3 is 2.42 bits per heavy atom. The summed E-state index contributed by atoms with van der Waals surface area (Å²) in [7, 11) is 0. The molecule has 0 saturated carbocycles. The summed E-state index contributed by atoms with van der Waals surface area (Å²) in [5, 5.41) is 0. The van der Waals surface area contributed by atoms with Crippen molar-refractivity contribution in [3.63, 3.8) is 0 Å². The van der Waals surface area contributed by atoms with Gasteiger partial charge in [-0.3, -0.25) is 0 Å². The summed E-state index contributed by atoms with van der Waals surface area (Å²) in [5.41, 5.74) is 8.17. The molecule has 0 amide bonds. The van der Waals surface area contributed by atoms with Crippen LogP contribution in [0.15, 0.2) is 3.79 Å². The van der Waals surface area contributed by atoms with Gasteiger partial charge in [-0.05, 0) is 35.3 Å². The highest BCUT2D eigenvalue weighted by atomic mass is 79.9. The van der Waals surface area contributed by atoms with Gasteiger partial charge in [0, 0.05) is 4.88 Å². The fraction of sp³-hybridized carbons (Fsp3) is 0.250. The van der Waals surface area contributed by atoms with Crippen molar-refractivity contribution >= 4 is 53.7 Å². The van der Waals surface area contributed by atoms with Crippen molar-refractivity contribution in [2.45, 2.75) is 13.8 Å². The molecule has 0 aliphatic heterocycles. The van der Waals surface area contributed by atoms with Gasteiger partial charge in [-0.2, -0.15) is 0 Å². The Kier molecular flexibility index (Phi) is 1.93. The second-order valence-electron chi connectivity index (χ2n) is 2.73. The number of rotatable bonds is 0. The third kappa shape index (κ3) is 1.02. The molecular weight excluding hydrogens is 254 g/mol. The summed E-state index contributed by atoms with van der Waals surface area (Å²) in [6.07, 6.45) is 0. The van der Waals surface area contributed by atoms with Gasteiger partial charge in [0.05, 0.1) is 18.9 Å². The van der Waals surface area contributed by atoms with Gasteiger partial charge in [-0.25, -0.2) is 0 Å². The minimum atomic E-state index is 0.899. The van der Waals surface area contributed by atoms with Gasteiger partial charge in [-0.15, -0.1) is 22.7 Å². The fourth-order valence-electron chi connectivity index (χ4n) is 1.14. The Labute approximate surface area is 87.3 Å². The third-order valence-electron chi connectivity index (χ3n) is 1.98. The van der Waals surface area contributed by atoms with Crippen LogP contribution in [0.1, 0.15) is 10.4 Å². The van der Waals surface area contributed by atoms with Gasteiger partial charge in [0.15, 0.2) is 0 Å². The van der Waals surface area contributed by atoms with Crippen LogP contribution in [-0.4, -0.2) is 0 Å². The highest BCUT2D eigenvalue weighted by Gasteiger charge is 2.12. The lowest BCUT2D eigenvalue weighted by atomic mass is 10.3. The molecular formula is C8H8BrNS2. The Hall–Kier alpha value is -0.0600. The van der Waals surface area contributed by atoms with Crippen LogP contribution < -0.4 is 5.73 Å². The number of fused-ring (bicyclic) bond motifs is 1. The second kappa shape index (κ2) is 2.72. The van der Waals surface area contributed by atoms with Crippen LogP contribution in [0.3, 0.4) is 0 Å². The number of nitrogen functional groups attached to an aromatic ring is 1. The SMILES string of the molecule is Cc1sc2c(N)c(Br)sc2c1C. The van der Waals surface area contributed by atoms with E-state index in [2.05, 4.69) is 29.8 Å². The zero-order valence-electron chi connectivity index (χ0n) is 6.77. The molecule has 0 radical (unpaired) electrons. The molecule has 0 aliphatic carbocycles. The van der Waals surface area contributed by atoms with Crippen molar-refractivity contribution in [3.05, 3.63) is 14.2 Å². The van der Waals surface area contributed by atoms with Crippen molar-refractivity contribution in [2.75, 3.05) is 5.73 Å². The van der Waals surface area contributed by atoms with Crippen LogP contribution in [0.4, 0.5) is 5.69 Å². The smallest absolute Gasteiger partial charge is 0.0949 e. The van der Waals surface area contributed by atoms with E-state index < -0.39 is 0 Å². The molecule has 1 nitrogen and oxygen atoms in total. The van der Waals surface area contributed by atoms with Crippen molar-refractivity contribution < 1.29 is 0 Å². The average molecular weight is 262 g/mol. The number of nitrogens with two attached hydrogens (primary N) is 1. The molecule has 0 bridgehead atoms. The van der Waals surface area contributed by atoms with Crippen molar-refractivity contribution in [2.24, 2.45) is 0 Å². The molecule has 12 heavy (non-hydrogen) atoms. The lowest BCUT2D eigenvalue weighted by molar-refractivity contribution is 1.48. The Balaban J connectivity index is 2.93. The number of aryl methyl sites for hydroxylation is 2. The van der Waals surface area contributed by atoms with E-state index >= 15 is 0 Å². The number of thiophene rings is 2. The molecule has 2 aromatic rings. The number of anilines is 1. The minimum Gasteiger partial charge on any atom is -0.396 e. The van der Waals surface area contributed by atoms with Gasteiger partial charge in [0.1, 0.15) is 0 Å². The molecule has 0 atom stereocenters. The second-order valence-corrected chi connectivity index (χ2v) is 6.29. The van der Waals surface area contributed by atoms with Gasteiger partial charge in [-0.1, -0.05) is 0 Å². The first-order valence-electron chi connectivity index (χ1n) is 3.54. The molecule has 0 fully saturated rings. The van der Waals surface area contributed by atoms with Crippen LogP contribution in [0, 0.1) is 13.8 Å². The highest BCUT2D eigenvalue weighted by molar-refractivity contribution is 9.11. The molecule has 0 saturated heterocycles. The first-order chi connectivity index (χ1) is 5.61. The molecule has 0 aromatic carbocycles. The molecule has 0 unspecified atom stereocenters. The summed E-state index contributed by atoms with van der Waals surface area (Å²) in [6, 6.07) is 0. The van der Waals surface area contributed by atoms with Gasteiger partial charge in [0.25, 0.3) is 0 Å². The molecule has 0 spiro atoms. The van der Waals surface area contributed by atoms with E-state index in [9.17, 15) is 0 Å². The zero-order valence-corrected chi connectivity index (χ0v) is 9.99. The van der Waals surface area contributed by atoms with E-state index in [-0.39, 0.29) is 0 Å². The van der Waals surface area contributed by atoms with Crippen LogP contribution >= 0.6 is 38.6 Å². The van der Waals surface area contributed by atoms with Crippen LogP contribution in [0.5, 0.6) is 0 Å². The zero-order chi connectivity index (χ0) is 8.88. The summed E-state index contributed by atoms with van der Waals surface area (Å²) >= 11 is 6.96. The van der Waals surface area contributed by atoms with Gasteiger partial charge < -0.3 is 5.73 Å². The monoisotopic (exact) mass is 261 g/mol. The largest absolute Gasteiger partial charge is 0.396 e. The molecule has 2 rings (SSSR count). The highest BCUT2D eigenvalue weighted by Crippen LogP contribution is 2.44. The molecule has 4 heteroatoms. The maximum absolute atomic E-state index is 5.89. The fourth-order valence-corrected chi connectivity index (χ4v) is 4.25. The van der Waals surface area contributed by atoms with E-state index in [1.54, 1.807) is 22.7 Å². The van der Waals surface area contributed by atoms with E-state index in [4.69, 9.17) is 5.73 Å². The quantitative estimate of drug-likeness (QED) is 0.765. The number of hydrogen-bond acceptors (Lipinski definition) is 3. The van der Waals surface area contributed by atoms with E-state index in [1.165, 1.54) is 19.8 Å². The predicted molar refractivity (Wildman–Crippen MR) is 61.3 cm³/mol.